The lowest BCUT2D eigenvalue weighted by Crippen LogP contribution is -2.25. The molecule has 0 spiro atoms. The summed E-state index contributed by atoms with van der Waals surface area (Å²) in [4.78, 5) is 11.9. The maximum atomic E-state index is 13.7. The number of halogens is 2. The molecule has 3 nitrogen and oxygen atoms in total. The van der Waals surface area contributed by atoms with Gasteiger partial charge in [-0.2, -0.15) is 0 Å². The van der Waals surface area contributed by atoms with Gasteiger partial charge in [-0.25, -0.2) is 8.78 Å². The molecule has 118 valence electrons. The summed E-state index contributed by atoms with van der Waals surface area (Å²) in [6.07, 6.45) is 3.00. The largest absolute Gasteiger partial charge is 0.381 e. The molecule has 1 aromatic carbocycles. The summed E-state index contributed by atoms with van der Waals surface area (Å²) in [5.41, 5.74) is -0.179. The zero-order valence-electron chi connectivity index (χ0n) is 12.9. The number of rotatable bonds is 8. The molecule has 1 rings (SSSR count). The average molecular weight is 298 g/mol. The molecule has 1 amide bonds. The molecule has 1 aromatic rings. The lowest BCUT2D eigenvalue weighted by atomic mass is 10.1. The van der Waals surface area contributed by atoms with Crippen molar-refractivity contribution in [2.24, 2.45) is 5.92 Å². The first kappa shape index (κ1) is 17.4. The summed E-state index contributed by atoms with van der Waals surface area (Å²) in [5.74, 6) is -1.30. The van der Waals surface area contributed by atoms with Crippen molar-refractivity contribution in [2.45, 2.75) is 40.0 Å². The molecular formula is C16H24F2N2O. The van der Waals surface area contributed by atoms with E-state index in [2.05, 4.69) is 24.5 Å². The number of hydrogen-bond acceptors (Lipinski definition) is 2. The maximum absolute atomic E-state index is 13.7. The molecule has 0 radical (unpaired) electrons. The Morgan fingerprint density at radius 2 is 1.81 bits per heavy atom. The fraction of sp³-hybridized carbons (Fsp3) is 0.562. The van der Waals surface area contributed by atoms with Crippen LogP contribution in [0.5, 0.6) is 0 Å². The number of unbranched alkanes of at least 4 members (excludes halogenated alkanes) is 1. The third-order valence-electron chi connectivity index (χ3n) is 3.15. The SMILES string of the molecule is CCNc1c(F)cc(C(=O)NCCCCC(C)C)cc1F. The van der Waals surface area contributed by atoms with Gasteiger partial charge < -0.3 is 10.6 Å². The van der Waals surface area contributed by atoms with E-state index in [1.165, 1.54) is 0 Å². The van der Waals surface area contributed by atoms with Gasteiger partial charge in [0.2, 0.25) is 0 Å². The molecular weight excluding hydrogens is 274 g/mol. The molecule has 0 aliphatic rings. The van der Waals surface area contributed by atoms with Crippen LogP contribution in [-0.4, -0.2) is 19.0 Å². The van der Waals surface area contributed by atoms with Crippen LogP contribution in [0.25, 0.3) is 0 Å². The lowest BCUT2D eigenvalue weighted by Gasteiger charge is -2.10. The number of benzene rings is 1. The number of anilines is 1. The predicted molar refractivity (Wildman–Crippen MR) is 81.5 cm³/mol. The van der Waals surface area contributed by atoms with Gasteiger partial charge in [-0.15, -0.1) is 0 Å². The molecule has 5 heteroatoms. The molecule has 2 N–H and O–H groups in total. The summed E-state index contributed by atoms with van der Waals surface area (Å²) in [5, 5.41) is 5.28. The molecule has 0 saturated carbocycles. The second-order valence-corrected chi connectivity index (χ2v) is 5.49. The molecule has 0 saturated heterocycles. The molecule has 0 aliphatic carbocycles. The minimum atomic E-state index is -0.748. The van der Waals surface area contributed by atoms with Crippen LogP contribution in [-0.2, 0) is 0 Å². The number of carbonyl (C=O) groups excluding carboxylic acids is 1. The average Bonchev–Trinajstić information content (AvgIpc) is 2.41. The first-order valence-corrected chi connectivity index (χ1v) is 7.46. The summed E-state index contributed by atoms with van der Waals surface area (Å²) in [6, 6.07) is 2.12. The van der Waals surface area contributed by atoms with Crippen LogP contribution in [0, 0.1) is 17.6 Å². The Morgan fingerprint density at radius 1 is 1.19 bits per heavy atom. The van der Waals surface area contributed by atoms with E-state index in [1.54, 1.807) is 6.92 Å². The standard InChI is InChI=1S/C16H24F2N2O/c1-4-19-15-13(17)9-12(10-14(15)18)16(21)20-8-6-5-7-11(2)3/h9-11,19H,4-8H2,1-3H3,(H,20,21). The van der Waals surface area contributed by atoms with Gasteiger partial charge in [0.25, 0.3) is 5.91 Å². The molecule has 0 atom stereocenters. The minimum Gasteiger partial charge on any atom is -0.381 e. The smallest absolute Gasteiger partial charge is 0.251 e. The summed E-state index contributed by atoms with van der Waals surface area (Å²) < 4.78 is 27.4. The summed E-state index contributed by atoms with van der Waals surface area (Å²) in [6.45, 7) is 6.97. The monoisotopic (exact) mass is 298 g/mol. The van der Waals surface area contributed by atoms with Crippen molar-refractivity contribution in [2.75, 3.05) is 18.4 Å². The normalized spacial score (nSPS) is 10.8. The maximum Gasteiger partial charge on any atom is 0.251 e. The third kappa shape index (κ3) is 5.69. The van der Waals surface area contributed by atoms with Crippen LogP contribution in [0.2, 0.25) is 0 Å². The molecule has 0 heterocycles. The highest BCUT2D eigenvalue weighted by molar-refractivity contribution is 5.94. The van der Waals surface area contributed by atoms with E-state index in [0.717, 1.165) is 31.4 Å². The van der Waals surface area contributed by atoms with E-state index in [-0.39, 0.29) is 11.3 Å². The second kappa shape index (κ2) is 8.60. The Morgan fingerprint density at radius 3 is 2.33 bits per heavy atom. The van der Waals surface area contributed by atoms with Crippen LogP contribution in [0.1, 0.15) is 50.4 Å². The van der Waals surface area contributed by atoms with Gasteiger partial charge in [-0.1, -0.05) is 26.7 Å². The van der Waals surface area contributed by atoms with Crippen molar-refractivity contribution >= 4 is 11.6 Å². The number of carbonyl (C=O) groups is 1. The lowest BCUT2D eigenvalue weighted by molar-refractivity contribution is 0.0952. The fourth-order valence-corrected chi connectivity index (χ4v) is 2.03. The molecule has 0 fully saturated rings. The first-order chi connectivity index (χ1) is 9.95. The number of hydrogen-bond donors (Lipinski definition) is 2. The van der Waals surface area contributed by atoms with Gasteiger partial charge in [-0.3, -0.25) is 4.79 Å². The van der Waals surface area contributed by atoms with E-state index in [0.29, 0.717) is 19.0 Å². The Balaban J connectivity index is 2.55. The van der Waals surface area contributed by atoms with Crippen LogP contribution < -0.4 is 10.6 Å². The number of nitrogens with one attached hydrogen (secondary N) is 2. The zero-order valence-corrected chi connectivity index (χ0v) is 12.9. The van der Waals surface area contributed by atoms with Crippen molar-refractivity contribution in [3.05, 3.63) is 29.3 Å². The van der Waals surface area contributed by atoms with Crippen LogP contribution in [0.3, 0.4) is 0 Å². The summed E-state index contributed by atoms with van der Waals surface area (Å²) >= 11 is 0. The van der Waals surface area contributed by atoms with Gasteiger partial charge in [0.1, 0.15) is 17.3 Å². The van der Waals surface area contributed by atoms with Crippen molar-refractivity contribution in [1.29, 1.82) is 0 Å². The summed E-state index contributed by atoms with van der Waals surface area (Å²) in [7, 11) is 0. The van der Waals surface area contributed by atoms with Crippen LogP contribution in [0.15, 0.2) is 12.1 Å². The Labute approximate surface area is 125 Å². The third-order valence-corrected chi connectivity index (χ3v) is 3.15. The van der Waals surface area contributed by atoms with E-state index in [4.69, 9.17) is 0 Å². The van der Waals surface area contributed by atoms with E-state index >= 15 is 0 Å². The highest BCUT2D eigenvalue weighted by Crippen LogP contribution is 2.20. The van der Waals surface area contributed by atoms with Crippen LogP contribution in [0.4, 0.5) is 14.5 Å². The van der Waals surface area contributed by atoms with Gasteiger partial charge in [-0.05, 0) is 31.4 Å². The van der Waals surface area contributed by atoms with Gasteiger partial charge in [0, 0.05) is 18.7 Å². The zero-order chi connectivity index (χ0) is 15.8. The number of amides is 1. The molecule has 0 aromatic heterocycles. The van der Waals surface area contributed by atoms with Gasteiger partial charge in [0.05, 0.1) is 0 Å². The Hall–Kier alpha value is -1.65. The van der Waals surface area contributed by atoms with E-state index < -0.39 is 17.5 Å². The van der Waals surface area contributed by atoms with Crippen molar-refractivity contribution in [3.8, 4) is 0 Å². The van der Waals surface area contributed by atoms with E-state index in [9.17, 15) is 13.6 Å². The molecule has 21 heavy (non-hydrogen) atoms. The van der Waals surface area contributed by atoms with Crippen molar-refractivity contribution in [1.82, 2.24) is 5.32 Å². The fourth-order valence-electron chi connectivity index (χ4n) is 2.03. The van der Waals surface area contributed by atoms with Crippen molar-refractivity contribution < 1.29 is 13.6 Å². The topological polar surface area (TPSA) is 41.1 Å². The predicted octanol–water partition coefficient (Wildman–Crippen LogP) is 3.95. The van der Waals surface area contributed by atoms with Gasteiger partial charge >= 0.3 is 0 Å². The highest BCUT2D eigenvalue weighted by atomic mass is 19.1. The Bertz CT molecular complexity index is 452. The quantitative estimate of drug-likeness (QED) is 0.713. The van der Waals surface area contributed by atoms with Gasteiger partial charge in [0.15, 0.2) is 0 Å². The molecule has 0 bridgehead atoms. The molecule has 0 aliphatic heterocycles. The highest BCUT2D eigenvalue weighted by Gasteiger charge is 2.14. The van der Waals surface area contributed by atoms with Crippen LogP contribution >= 0.6 is 0 Å². The first-order valence-electron chi connectivity index (χ1n) is 7.46. The Kier molecular flexibility index (Phi) is 7.12. The van der Waals surface area contributed by atoms with Crippen molar-refractivity contribution in [3.63, 3.8) is 0 Å². The molecule has 0 unspecified atom stereocenters. The second-order valence-electron chi connectivity index (χ2n) is 5.49. The van der Waals surface area contributed by atoms with E-state index in [1.807, 2.05) is 0 Å². The minimum absolute atomic E-state index is 0.00973.